The van der Waals surface area contributed by atoms with E-state index in [1.165, 1.54) is 5.56 Å². The van der Waals surface area contributed by atoms with Gasteiger partial charge in [0.2, 0.25) is 0 Å². The number of methoxy groups -OCH3 is 1. The molecule has 0 bridgehead atoms. The number of benzene rings is 1. The Balaban J connectivity index is 1.88. The van der Waals surface area contributed by atoms with E-state index in [0.29, 0.717) is 6.04 Å². The van der Waals surface area contributed by atoms with E-state index in [4.69, 9.17) is 4.74 Å². The second-order valence-corrected chi connectivity index (χ2v) is 4.71. The minimum Gasteiger partial charge on any atom is -0.496 e. The van der Waals surface area contributed by atoms with Crippen LogP contribution in [0.1, 0.15) is 31.2 Å². The molecule has 0 saturated heterocycles. The predicted octanol–water partition coefficient (Wildman–Crippen LogP) is 2.09. The molecule has 2 N–H and O–H groups in total. The van der Waals surface area contributed by atoms with Crippen molar-refractivity contribution in [1.82, 2.24) is 5.32 Å². The van der Waals surface area contributed by atoms with Gasteiger partial charge in [-0.1, -0.05) is 18.2 Å². The summed E-state index contributed by atoms with van der Waals surface area (Å²) < 4.78 is 5.32. The maximum absolute atomic E-state index is 9.61. The molecule has 1 aromatic carbocycles. The van der Waals surface area contributed by atoms with Crippen LogP contribution in [0.3, 0.4) is 0 Å². The largest absolute Gasteiger partial charge is 0.496 e. The standard InChI is InChI=1S/C14H21NO2/c1-17-14-8-3-2-5-11(14)10-15-12-6-4-7-13(16)9-12/h2-3,5,8,12-13,15-16H,4,6-7,9-10H2,1H3. The second-order valence-electron chi connectivity index (χ2n) is 4.71. The first-order valence-electron chi connectivity index (χ1n) is 6.33. The monoisotopic (exact) mass is 235 g/mol. The van der Waals surface area contributed by atoms with Crippen molar-refractivity contribution in [2.24, 2.45) is 0 Å². The summed E-state index contributed by atoms with van der Waals surface area (Å²) in [7, 11) is 1.70. The van der Waals surface area contributed by atoms with Crippen LogP contribution in [-0.2, 0) is 6.54 Å². The van der Waals surface area contributed by atoms with Crippen LogP contribution in [0.5, 0.6) is 5.75 Å². The first-order valence-corrected chi connectivity index (χ1v) is 6.33. The molecule has 0 aliphatic heterocycles. The Morgan fingerprint density at radius 1 is 1.35 bits per heavy atom. The van der Waals surface area contributed by atoms with E-state index in [0.717, 1.165) is 38.0 Å². The number of nitrogens with one attached hydrogen (secondary N) is 1. The molecule has 1 saturated carbocycles. The Morgan fingerprint density at radius 2 is 2.18 bits per heavy atom. The highest BCUT2D eigenvalue weighted by Crippen LogP contribution is 2.21. The number of para-hydroxylation sites is 1. The maximum Gasteiger partial charge on any atom is 0.123 e. The third-order valence-corrected chi connectivity index (χ3v) is 3.42. The van der Waals surface area contributed by atoms with Crippen molar-refractivity contribution in [1.29, 1.82) is 0 Å². The fourth-order valence-corrected chi connectivity index (χ4v) is 2.45. The van der Waals surface area contributed by atoms with Crippen molar-refractivity contribution < 1.29 is 9.84 Å². The van der Waals surface area contributed by atoms with E-state index in [1.807, 2.05) is 18.2 Å². The van der Waals surface area contributed by atoms with Gasteiger partial charge in [-0.25, -0.2) is 0 Å². The van der Waals surface area contributed by atoms with E-state index < -0.39 is 0 Å². The van der Waals surface area contributed by atoms with Crippen LogP contribution >= 0.6 is 0 Å². The third kappa shape index (κ3) is 3.45. The predicted molar refractivity (Wildman–Crippen MR) is 68.1 cm³/mol. The summed E-state index contributed by atoms with van der Waals surface area (Å²) in [4.78, 5) is 0. The van der Waals surface area contributed by atoms with E-state index in [1.54, 1.807) is 7.11 Å². The smallest absolute Gasteiger partial charge is 0.123 e. The fourth-order valence-electron chi connectivity index (χ4n) is 2.45. The summed E-state index contributed by atoms with van der Waals surface area (Å²) in [6.07, 6.45) is 3.97. The number of aliphatic hydroxyl groups excluding tert-OH is 1. The van der Waals surface area contributed by atoms with E-state index in [2.05, 4.69) is 11.4 Å². The van der Waals surface area contributed by atoms with Crippen LogP contribution in [-0.4, -0.2) is 24.4 Å². The molecule has 94 valence electrons. The fraction of sp³-hybridized carbons (Fsp3) is 0.571. The molecule has 1 aromatic rings. The molecule has 1 fully saturated rings. The molecule has 17 heavy (non-hydrogen) atoms. The van der Waals surface area contributed by atoms with Crippen molar-refractivity contribution in [3.63, 3.8) is 0 Å². The molecule has 0 radical (unpaired) electrons. The van der Waals surface area contributed by atoms with Crippen LogP contribution in [0.2, 0.25) is 0 Å². The summed E-state index contributed by atoms with van der Waals surface area (Å²) in [6, 6.07) is 8.49. The lowest BCUT2D eigenvalue weighted by molar-refractivity contribution is 0.111. The molecule has 2 atom stereocenters. The molecule has 3 heteroatoms. The first kappa shape index (κ1) is 12.4. The van der Waals surface area contributed by atoms with Gasteiger partial charge in [-0.15, -0.1) is 0 Å². The second kappa shape index (κ2) is 6.03. The van der Waals surface area contributed by atoms with Crippen LogP contribution in [0.4, 0.5) is 0 Å². The minimum atomic E-state index is -0.126. The van der Waals surface area contributed by atoms with Crippen molar-refractivity contribution in [3.05, 3.63) is 29.8 Å². The zero-order valence-corrected chi connectivity index (χ0v) is 10.4. The summed E-state index contributed by atoms with van der Waals surface area (Å²) in [5.74, 6) is 0.927. The SMILES string of the molecule is COc1ccccc1CNC1CCCC(O)C1. The van der Waals surface area contributed by atoms with E-state index in [9.17, 15) is 5.11 Å². The maximum atomic E-state index is 9.61. The summed E-state index contributed by atoms with van der Waals surface area (Å²) in [5, 5.41) is 13.1. The van der Waals surface area contributed by atoms with Crippen molar-refractivity contribution >= 4 is 0 Å². The molecule has 0 heterocycles. The quantitative estimate of drug-likeness (QED) is 0.839. The van der Waals surface area contributed by atoms with Gasteiger partial charge in [-0.2, -0.15) is 0 Å². The number of ether oxygens (including phenoxy) is 1. The lowest BCUT2D eigenvalue weighted by Gasteiger charge is -2.27. The summed E-state index contributed by atoms with van der Waals surface area (Å²) in [5.41, 5.74) is 1.18. The zero-order valence-electron chi connectivity index (χ0n) is 10.4. The van der Waals surface area contributed by atoms with Crippen molar-refractivity contribution in [2.45, 2.75) is 44.4 Å². The molecule has 2 unspecified atom stereocenters. The highest BCUT2D eigenvalue weighted by molar-refractivity contribution is 5.33. The summed E-state index contributed by atoms with van der Waals surface area (Å²) in [6.45, 7) is 0.807. The zero-order chi connectivity index (χ0) is 12.1. The molecular formula is C14H21NO2. The highest BCUT2D eigenvalue weighted by Gasteiger charge is 2.19. The normalized spacial score (nSPS) is 24.6. The van der Waals surface area contributed by atoms with Crippen LogP contribution in [0, 0.1) is 0 Å². The van der Waals surface area contributed by atoms with Crippen LogP contribution < -0.4 is 10.1 Å². The molecular weight excluding hydrogens is 214 g/mol. The molecule has 0 spiro atoms. The van der Waals surface area contributed by atoms with Crippen molar-refractivity contribution in [2.75, 3.05) is 7.11 Å². The number of hydrogen-bond donors (Lipinski definition) is 2. The Morgan fingerprint density at radius 3 is 2.94 bits per heavy atom. The highest BCUT2D eigenvalue weighted by atomic mass is 16.5. The average molecular weight is 235 g/mol. The molecule has 3 nitrogen and oxygen atoms in total. The Labute approximate surface area is 103 Å². The third-order valence-electron chi connectivity index (χ3n) is 3.42. The lowest BCUT2D eigenvalue weighted by Crippen LogP contribution is -2.35. The first-order chi connectivity index (χ1) is 8.29. The van der Waals surface area contributed by atoms with Crippen LogP contribution in [0.25, 0.3) is 0 Å². The van der Waals surface area contributed by atoms with Gasteiger partial charge in [0.25, 0.3) is 0 Å². The number of rotatable bonds is 4. The van der Waals surface area contributed by atoms with E-state index >= 15 is 0 Å². The Kier molecular flexibility index (Phi) is 4.40. The molecule has 2 rings (SSSR count). The topological polar surface area (TPSA) is 41.5 Å². The molecule has 0 aromatic heterocycles. The van der Waals surface area contributed by atoms with Gasteiger partial charge in [0.15, 0.2) is 0 Å². The molecule has 1 aliphatic rings. The van der Waals surface area contributed by atoms with E-state index in [-0.39, 0.29) is 6.10 Å². The molecule has 0 amide bonds. The Hall–Kier alpha value is -1.06. The number of hydrogen-bond acceptors (Lipinski definition) is 3. The summed E-state index contributed by atoms with van der Waals surface area (Å²) >= 11 is 0. The van der Waals surface area contributed by atoms with Gasteiger partial charge in [0.05, 0.1) is 13.2 Å². The van der Waals surface area contributed by atoms with Gasteiger partial charge in [0, 0.05) is 18.2 Å². The lowest BCUT2D eigenvalue weighted by atomic mass is 9.93. The van der Waals surface area contributed by atoms with Gasteiger partial charge in [0.1, 0.15) is 5.75 Å². The Bertz CT molecular complexity index is 354. The number of aliphatic hydroxyl groups is 1. The minimum absolute atomic E-state index is 0.126. The van der Waals surface area contributed by atoms with Gasteiger partial charge < -0.3 is 15.2 Å². The van der Waals surface area contributed by atoms with Crippen LogP contribution in [0.15, 0.2) is 24.3 Å². The van der Waals surface area contributed by atoms with Gasteiger partial charge in [-0.3, -0.25) is 0 Å². The van der Waals surface area contributed by atoms with Gasteiger partial charge in [-0.05, 0) is 31.7 Å². The van der Waals surface area contributed by atoms with Gasteiger partial charge >= 0.3 is 0 Å². The van der Waals surface area contributed by atoms with Crippen molar-refractivity contribution in [3.8, 4) is 5.75 Å². The average Bonchev–Trinajstić information content (AvgIpc) is 2.37. The molecule has 1 aliphatic carbocycles.